The number of rotatable bonds is 7. The molecule has 0 radical (unpaired) electrons. The van der Waals surface area contributed by atoms with E-state index in [-0.39, 0.29) is 0 Å². The molecule has 0 aromatic heterocycles. The molecule has 2 aromatic rings. The fraction of sp³-hybridized carbons (Fsp3) is 0.412. The molecule has 114 valence electrons. The van der Waals surface area contributed by atoms with Crippen LogP contribution < -0.4 is 10.1 Å². The van der Waals surface area contributed by atoms with Gasteiger partial charge in [0.1, 0.15) is 18.5 Å². The molecule has 0 saturated heterocycles. The van der Waals surface area contributed by atoms with Gasteiger partial charge in [0.05, 0.1) is 0 Å². The molecule has 4 heteroatoms. The average molecular weight is 305 g/mol. The lowest BCUT2D eigenvalue weighted by Crippen LogP contribution is -2.35. The van der Waals surface area contributed by atoms with Crippen molar-refractivity contribution in [3.63, 3.8) is 0 Å². The van der Waals surface area contributed by atoms with E-state index in [0.29, 0.717) is 19.2 Å². The number of nitrogens with one attached hydrogen (secondary N) is 1. The van der Waals surface area contributed by atoms with E-state index < -0.39 is 6.10 Å². The highest BCUT2D eigenvalue weighted by molar-refractivity contribution is 7.98. The second-order valence-corrected chi connectivity index (χ2v) is 6.19. The third-order valence-corrected chi connectivity index (χ3v) is 4.01. The van der Waals surface area contributed by atoms with Gasteiger partial charge in [0, 0.05) is 22.9 Å². The number of hydrogen-bond acceptors (Lipinski definition) is 4. The second kappa shape index (κ2) is 7.69. The van der Waals surface area contributed by atoms with Gasteiger partial charge in [-0.25, -0.2) is 0 Å². The van der Waals surface area contributed by atoms with Crippen LogP contribution in [0.15, 0.2) is 41.3 Å². The Labute approximate surface area is 130 Å². The van der Waals surface area contributed by atoms with Gasteiger partial charge in [-0.1, -0.05) is 44.2 Å². The van der Waals surface area contributed by atoms with Gasteiger partial charge < -0.3 is 15.2 Å². The maximum absolute atomic E-state index is 10.0. The van der Waals surface area contributed by atoms with Gasteiger partial charge in [0.2, 0.25) is 0 Å². The van der Waals surface area contributed by atoms with Crippen LogP contribution >= 0.6 is 11.8 Å². The normalized spacial score (nSPS) is 12.8. The molecule has 1 atom stereocenters. The number of benzene rings is 2. The predicted octanol–water partition coefficient (Wildman–Crippen LogP) is 3.30. The van der Waals surface area contributed by atoms with Gasteiger partial charge in [-0.05, 0) is 17.7 Å². The fourth-order valence-electron chi connectivity index (χ4n) is 2.14. The van der Waals surface area contributed by atoms with Crippen LogP contribution in [-0.2, 0) is 0 Å². The molecule has 0 spiro atoms. The smallest absolute Gasteiger partial charge is 0.140 e. The highest BCUT2D eigenvalue weighted by Gasteiger charge is 2.11. The van der Waals surface area contributed by atoms with Gasteiger partial charge >= 0.3 is 0 Å². The van der Waals surface area contributed by atoms with Crippen LogP contribution in [0.1, 0.15) is 13.8 Å². The van der Waals surface area contributed by atoms with Crippen LogP contribution in [0, 0.1) is 0 Å². The molecular formula is C17H23NO2S. The standard InChI is InChI=1S/C17H23NO2S/c1-12(2)18-10-14(19)11-20-17-15-7-5-4-6-13(15)8-9-16(17)21-3/h4-9,12,14,18-19H,10-11H2,1-3H3. The SMILES string of the molecule is CSc1ccc2ccccc2c1OCC(O)CNC(C)C. The third kappa shape index (κ3) is 4.37. The van der Waals surface area contributed by atoms with E-state index in [0.717, 1.165) is 21.4 Å². The van der Waals surface area contributed by atoms with Crippen molar-refractivity contribution in [3.05, 3.63) is 36.4 Å². The molecule has 2 N–H and O–H groups in total. The van der Waals surface area contributed by atoms with E-state index in [1.54, 1.807) is 11.8 Å². The number of aliphatic hydroxyl groups is 1. The summed E-state index contributed by atoms with van der Waals surface area (Å²) in [5, 5.41) is 15.5. The van der Waals surface area contributed by atoms with E-state index in [4.69, 9.17) is 4.74 Å². The quantitative estimate of drug-likeness (QED) is 0.770. The summed E-state index contributed by atoms with van der Waals surface area (Å²) in [6, 6.07) is 12.7. The highest BCUT2D eigenvalue weighted by atomic mass is 32.2. The molecule has 0 bridgehead atoms. The molecule has 3 nitrogen and oxygen atoms in total. The Bertz CT molecular complexity index is 586. The van der Waals surface area contributed by atoms with Crippen molar-refractivity contribution in [1.29, 1.82) is 0 Å². The van der Waals surface area contributed by atoms with Crippen molar-refractivity contribution in [2.24, 2.45) is 0 Å². The summed E-state index contributed by atoms with van der Waals surface area (Å²) in [6.45, 7) is 4.95. The lowest BCUT2D eigenvalue weighted by atomic mass is 10.1. The lowest BCUT2D eigenvalue weighted by molar-refractivity contribution is 0.104. The van der Waals surface area contributed by atoms with Gasteiger partial charge in [0.25, 0.3) is 0 Å². The van der Waals surface area contributed by atoms with Crippen molar-refractivity contribution in [3.8, 4) is 5.75 Å². The van der Waals surface area contributed by atoms with Crippen molar-refractivity contribution in [1.82, 2.24) is 5.32 Å². The number of ether oxygens (including phenoxy) is 1. The summed E-state index contributed by atoms with van der Waals surface area (Å²) >= 11 is 1.66. The number of hydrogen-bond donors (Lipinski definition) is 2. The van der Waals surface area contributed by atoms with E-state index >= 15 is 0 Å². The molecule has 0 aliphatic heterocycles. The summed E-state index contributed by atoms with van der Waals surface area (Å²) in [4.78, 5) is 1.10. The van der Waals surface area contributed by atoms with Crippen molar-refractivity contribution in [2.45, 2.75) is 30.9 Å². The lowest BCUT2D eigenvalue weighted by Gasteiger charge is -2.17. The molecule has 2 aromatic carbocycles. The molecule has 0 saturated carbocycles. The molecule has 0 aliphatic carbocycles. The van der Waals surface area contributed by atoms with Crippen LogP contribution in [0.4, 0.5) is 0 Å². The molecule has 0 amide bonds. The Kier molecular flexibility index (Phi) is 5.91. The Morgan fingerprint density at radius 3 is 2.67 bits per heavy atom. The molecule has 0 heterocycles. The molecule has 2 rings (SSSR count). The number of fused-ring (bicyclic) bond motifs is 1. The summed E-state index contributed by atoms with van der Waals surface area (Å²) in [5.74, 6) is 0.865. The fourth-order valence-corrected chi connectivity index (χ4v) is 2.70. The average Bonchev–Trinajstić information content (AvgIpc) is 2.50. The van der Waals surface area contributed by atoms with Crippen LogP contribution in [-0.4, -0.2) is 36.7 Å². The van der Waals surface area contributed by atoms with E-state index in [1.165, 1.54) is 0 Å². The molecular weight excluding hydrogens is 282 g/mol. The minimum atomic E-state index is -0.513. The van der Waals surface area contributed by atoms with E-state index in [1.807, 2.05) is 18.4 Å². The first kappa shape index (κ1) is 16.1. The first-order valence-electron chi connectivity index (χ1n) is 7.21. The summed E-state index contributed by atoms with van der Waals surface area (Å²) in [7, 11) is 0. The van der Waals surface area contributed by atoms with Gasteiger partial charge in [-0.2, -0.15) is 0 Å². The van der Waals surface area contributed by atoms with E-state index in [9.17, 15) is 5.11 Å². The highest BCUT2D eigenvalue weighted by Crippen LogP contribution is 2.35. The maximum Gasteiger partial charge on any atom is 0.140 e. The predicted molar refractivity (Wildman–Crippen MR) is 90.4 cm³/mol. The van der Waals surface area contributed by atoms with Crippen molar-refractivity contribution >= 4 is 22.5 Å². The van der Waals surface area contributed by atoms with Gasteiger partial charge in [-0.3, -0.25) is 0 Å². The number of thioether (sulfide) groups is 1. The third-order valence-electron chi connectivity index (χ3n) is 3.25. The largest absolute Gasteiger partial charge is 0.489 e. The monoisotopic (exact) mass is 305 g/mol. The van der Waals surface area contributed by atoms with Crippen molar-refractivity contribution in [2.75, 3.05) is 19.4 Å². The van der Waals surface area contributed by atoms with Crippen LogP contribution in [0.5, 0.6) is 5.75 Å². The Morgan fingerprint density at radius 1 is 1.19 bits per heavy atom. The molecule has 21 heavy (non-hydrogen) atoms. The summed E-state index contributed by atoms with van der Waals surface area (Å²) in [5.41, 5.74) is 0. The zero-order chi connectivity index (χ0) is 15.2. The molecule has 0 aliphatic rings. The van der Waals surface area contributed by atoms with Gasteiger partial charge in [-0.15, -0.1) is 11.8 Å². The number of aliphatic hydroxyl groups excluding tert-OH is 1. The summed E-state index contributed by atoms with van der Waals surface area (Å²) < 4.78 is 5.92. The minimum absolute atomic E-state index is 0.293. The van der Waals surface area contributed by atoms with Gasteiger partial charge in [0.15, 0.2) is 0 Å². The van der Waals surface area contributed by atoms with Crippen LogP contribution in [0.25, 0.3) is 10.8 Å². The topological polar surface area (TPSA) is 41.5 Å². The van der Waals surface area contributed by atoms with E-state index in [2.05, 4.69) is 43.4 Å². The minimum Gasteiger partial charge on any atom is -0.489 e. The first-order chi connectivity index (χ1) is 10.1. The zero-order valence-corrected chi connectivity index (χ0v) is 13.6. The Hall–Kier alpha value is -1.23. The van der Waals surface area contributed by atoms with Crippen LogP contribution in [0.3, 0.4) is 0 Å². The van der Waals surface area contributed by atoms with Crippen LogP contribution in [0.2, 0.25) is 0 Å². The summed E-state index contributed by atoms with van der Waals surface area (Å²) in [6.07, 6.45) is 1.52. The Morgan fingerprint density at radius 2 is 1.95 bits per heavy atom. The molecule has 1 unspecified atom stereocenters. The Balaban J connectivity index is 2.13. The van der Waals surface area contributed by atoms with Crippen molar-refractivity contribution < 1.29 is 9.84 Å². The maximum atomic E-state index is 10.0. The first-order valence-corrected chi connectivity index (χ1v) is 8.44. The molecule has 0 fully saturated rings. The second-order valence-electron chi connectivity index (χ2n) is 5.35. The zero-order valence-electron chi connectivity index (χ0n) is 12.8.